The van der Waals surface area contributed by atoms with Crippen LogP contribution in [0.2, 0.25) is 0 Å². The highest BCUT2D eigenvalue weighted by atomic mass is 16.5. The van der Waals surface area contributed by atoms with Gasteiger partial charge in [-0.15, -0.1) is 0 Å². The molecule has 0 aliphatic rings. The molecule has 0 saturated heterocycles. The Morgan fingerprint density at radius 2 is 2.16 bits per heavy atom. The average Bonchev–Trinajstić information content (AvgIpc) is 3.23. The van der Waals surface area contributed by atoms with Crippen LogP contribution in [0, 0.1) is 6.92 Å². The number of para-hydroxylation sites is 1. The molecule has 25 heavy (non-hydrogen) atoms. The quantitative estimate of drug-likeness (QED) is 0.679. The minimum Gasteiger partial charge on any atom is -0.493 e. The number of hydrogen-bond donors (Lipinski definition) is 1. The number of ether oxygens (including phenoxy) is 1. The van der Waals surface area contributed by atoms with E-state index in [4.69, 9.17) is 9.26 Å². The number of nitrogens with one attached hydrogen (secondary N) is 1. The lowest BCUT2D eigenvalue weighted by Crippen LogP contribution is -2.30. The summed E-state index contributed by atoms with van der Waals surface area (Å²) in [4.78, 5) is 4.46. The summed E-state index contributed by atoms with van der Waals surface area (Å²) in [5.41, 5.74) is 1.99. The third-order valence-corrected chi connectivity index (χ3v) is 3.72. The first-order valence-electron chi connectivity index (χ1n) is 8.43. The highest BCUT2D eigenvalue weighted by Crippen LogP contribution is 2.27. The molecule has 1 atom stereocenters. The van der Waals surface area contributed by atoms with E-state index in [1.54, 1.807) is 0 Å². The van der Waals surface area contributed by atoms with Crippen molar-refractivity contribution in [3.05, 3.63) is 48.1 Å². The highest BCUT2D eigenvalue weighted by molar-refractivity contribution is 5.63. The van der Waals surface area contributed by atoms with Crippen molar-refractivity contribution in [3.8, 4) is 17.1 Å². The number of aryl methyl sites for hydroxylation is 1. The Morgan fingerprint density at radius 3 is 2.92 bits per heavy atom. The minimum absolute atomic E-state index is 0.227. The van der Waals surface area contributed by atoms with Gasteiger partial charge in [0, 0.05) is 12.2 Å². The van der Waals surface area contributed by atoms with Crippen molar-refractivity contribution in [1.29, 1.82) is 0 Å². The molecule has 7 heteroatoms. The number of nitrogens with zero attached hydrogens (tertiary/aromatic N) is 4. The largest absolute Gasteiger partial charge is 0.493 e. The van der Waals surface area contributed by atoms with Crippen molar-refractivity contribution in [1.82, 2.24) is 25.2 Å². The maximum absolute atomic E-state index is 5.62. The van der Waals surface area contributed by atoms with Crippen molar-refractivity contribution in [2.45, 2.75) is 39.9 Å². The first kappa shape index (κ1) is 17.2. The van der Waals surface area contributed by atoms with Crippen LogP contribution >= 0.6 is 0 Å². The fraction of sp³-hybridized carbons (Fsp3) is 0.389. The van der Waals surface area contributed by atoms with Crippen LogP contribution < -0.4 is 10.1 Å². The lowest BCUT2D eigenvalue weighted by atomic mass is 10.2. The van der Waals surface area contributed by atoms with Crippen molar-refractivity contribution >= 4 is 0 Å². The SMILES string of the molecule is CCOc1ccccc1-c1noc(CNC(C)Cn2cc(C)cn2)n1. The van der Waals surface area contributed by atoms with Crippen molar-refractivity contribution in [2.24, 2.45) is 0 Å². The number of aromatic nitrogens is 4. The van der Waals surface area contributed by atoms with E-state index in [1.807, 2.05) is 55.2 Å². The molecule has 0 bridgehead atoms. The zero-order valence-corrected chi connectivity index (χ0v) is 14.8. The predicted octanol–water partition coefficient (Wildman–Crippen LogP) is 2.82. The van der Waals surface area contributed by atoms with Gasteiger partial charge in [-0.05, 0) is 38.5 Å². The van der Waals surface area contributed by atoms with Crippen LogP contribution in [0.4, 0.5) is 0 Å². The van der Waals surface area contributed by atoms with Crippen LogP contribution in [-0.2, 0) is 13.1 Å². The van der Waals surface area contributed by atoms with Gasteiger partial charge in [0.05, 0.1) is 31.5 Å². The monoisotopic (exact) mass is 341 g/mol. The molecular formula is C18H23N5O2. The van der Waals surface area contributed by atoms with E-state index in [9.17, 15) is 0 Å². The van der Waals surface area contributed by atoms with E-state index in [2.05, 4.69) is 27.5 Å². The van der Waals surface area contributed by atoms with Crippen LogP contribution in [0.25, 0.3) is 11.4 Å². The molecule has 0 fully saturated rings. The normalized spacial score (nSPS) is 12.3. The summed E-state index contributed by atoms with van der Waals surface area (Å²) < 4.78 is 12.9. The number of rotatable bonds is 8. The second kappa shape index (κ2) is 7.94. The minimum atomic E-state index is 0.227. The fourth-order valence-corrected chi connectivity index (χ4v) is 2.54. The first-order chi connectivity index (χ1) is 12.2. The maximum Gasteiger partial charge on any atom is 0.240 e. The Balaban J connectivity index is 1.60. The van der Waals surface area contributed by atoms with Gasteiger partial charge in [-0.3, -0.25) is 4.68 Å². The third kappa shape index (κ3) is 4.45. The van der Waals surface area contributed by atoms with E-state index in [0.717, 1.165) is 23.4 Å². The molecule has 0 spiro atoms. The molecule has 7 nitrogen and oxygen atoms in total. The molecule has 3 aromatic rings. The molecule has 1 aromatic carbocycles. The van der Waals surface area contributed by atoms with Crippen LogP contribution in [0.1, 0.15) is 25.3 Å². The molecule has 1 unspecified atom stereocenters. The Kier molecular flexibility index (Phi) is 5.45. The predicted molar refractivity (Wildman–Crippen MR) is 94.2 cm³/mol. The average molecular weight is 341 g/mol. The molecule has 0 aliphatic heterocycles. The Hall–Kier alpha value is -2.67. The standard InChI is InChI=1S/C18H23N5O2/c1-4-24-16-8-6-5-7-15(16)18-21-17(25-22-18)10-19-14(3)12-23-11-13(2)9-20-23/h5-9,11,14,19H,4,10,12H2,1-3H3. The van der Waals surface area contributed by atoms with Crippen LogP contribution in [-0.4, -0.2) is 32.6 Å². The second-order valence-corrected chi connectivity index (χ2v) is 5.96. The van der Waals surface area contributed by atoms with Crippen molar-refractivity contribution < 1.29 is 9.26 Å². The first-order valence-corrected chi connectivity index (χ1v) is 8.43. The van der Waals surface area contributed by atoms with Gasteiger partial charge >= 0.3 is 0 Å². The van der Waals surface area contributed by atoms with Crippen LogP contribution in [0.5, 0.6) is 5.75 Å². The van der Waals surface area contributed by atoms with Gasteiger partial charge in [0.25, 0.3) is 0 Å². The molecule has 0 aliphatic carbocycles. The van der Waals surface area contributed by atoms with Gasteiger partial charge in [-0.2, -0.15) is 10.1 Å². The van der Waals surface area contributed by atoms with E-state index in [0.29, 0.717) is 24.9 Å². The van der Waals surface area contributed by atoms with E-state index in [1.165, 1.54) is 0 Å². The van der Waals surface area contributed by atoms with Crippen LogP contribution in [0.15, 0.2) is 41.2 Å². The molecule has 132 valence electrons. The number of hydrogen-bond acceptors (Lipinski definition) is 6. The Labute approximate surface area is 147 Å². The summed E-state index contributed by atoms with van der Waals surface area (Å²) >= 11 is 0. The molecule has 2 aromatic heterocycles. The summed E-state index contributed by atoms with van der Waals surface area (Å²) in [5.74, 6) is 1.84. The van der Waals surface area contributed by atoms with E-state index in [-0.39, 0.29) is 6.04 Å². The molecule has 2 heterocycles. The summed E-state index contributed by atoms with van der Waals surface area (Å²) in [5, 5.41) is 11.7. The molecule has 0 amide bonds. The lowest BCUT2D eigenvalue weighted by Gasteiger charge is -2.11. The highest BCUT2D eigenvalue weighted by Gasteiger charge is 2.14. The maximum atomic E-state index is 5.62. The van der Waals surface area contributed by atoms with Gasteiger partial charge in [-0.25, -0.2) is 0 Å². The molecular weight excluding hydrogens is 318 g/mol. The summed E-state index contributed by atoms with van der Waals surface area (Å²) in [6, 6.07) is 7.91. The topological polar surface area (TPSA) is 78.0 Å². The van der Waals surface area contributed by atoms with E-state index >= 15 is 0 Å². The summed E-state index contributed by atoms with van der Waals surface area (Å²) in [7, 11) is 0. The van der Waals surface area contributed by atoms with Gasteiger partial charge in [0.1, 0.15) is 5.75 Å². The van der Waals surface area contributed by atoms with E-state index < -0.39 is 0 Å². The van der Waals surface area contributed by atoms with Crippen LogP contribution in [0.3, 0.4) is 0 Å². The smallest absolute Gasteiger partial charge is 0.240 e. The Bertz CT molecular complexity index is 811. The molecule has 1 N–H and O–H groups in total. The number of benzene rings is 1. The van der Waals surface area contributed by atoms with Crippen molar-refractivity contribution in [2.75, 3.05) is 6.61 Å². The molecule has 3 rings (SSSR count). The zero-order chi connectivity index (χ0) is 17.6. The van der Waals surface area contributed by atoms with Gasteiger partial charge in [0.15, 0.2) is 0 Å². The van der Waals surface area contributed by atoms with Gasteiger partial charge in [-0.1, -0.05) is 17.3 Å². The van der Waals surface area contributed by atoms with Crippen molar-refractivity contribution in [3.63, 3.8) is 0 Å². The van der Waals surface area contributed by atoms with Gasteiger partial charge in [0.2, 0.25) is 11.7 Å². The fourth-order valence-electron chi connectivity index (χ4n) is 2.54. The van der Waals surface area contributed by atoms with Gasteiger partial charge < -0.3 is 14.6 Å². The second-order valence-electron chi connectivity index (χ2n) is 5.96. The molecule has 0 saturated carbocycles. The Morgan fingerprint density at radius 1 is 1.32 bits per heavy atom. The zero-order valence-electron chi connectivity index (χ0n) is 14.8. The third-order valence-electron chi connectivity index (χ3n) is 3.72. The molecule has 0 radical (unpaired) electrons. The summed E-state index contributed by atoms with van der Waals surface area (Å²) in [6.07, 6.45) is 3.88. The lowest BCUT2D eigenvalue weighted by molar-refractivity contribution is 0.340. The summed E-state index contributed by atoms with van der Waals surface area (Å²) in [6.45, 7) is 7.95.